The number of unbranched alkanes of at least 4 members (excludes halogenated alkanes) is 2. The predicted octanol–water partition coefficient (Wildman–Crippen LogP) is 11.6. The molecule has 2 N–H and O–H groups in total. The second kappa shape index (κ2) is 15.7. The van der Waals surface area contributed by atoms with Crippen molar-refractivity contribution in [3.05, 3.63) is 88.5 Å². The lowest BCUT2D eigenvalue weighted by Crippen LogP contribution is -2.47. The van der Waals surface area contributed by atoms with Gasteiger partial charge in [-0.2, -0.15) is 26.3 Å². The van der Waals surface area contributed by atoms with E-state index in [1.807, 2.05) is 31.2 Å². The fourth-order valence-corrected chi connectivity index (χ4v) is 7.94. The van der Waals surface area contributed by atoms with Crippen molar-refractivity contribution in [3.63, 3.8) is 0 Å². The average Bonchev–Trinajstić information content (AvgIpc) is 3.28. The number of Topliss-reactive ketones (excluding diaryl/α,β-unsaturated/α-hetero) is 1. The maximum absolute atomic E-state index is 14.4. The van der Waals surface area contributed by atoms with E-state index in [0.29, 0.717) is 94.1 Å². The standard InChI is InChI=1S/C43H47F6N2O3/c1-4-7-15-51(16-8-5-2)25-35-33(28-19-27(6-3)20-31(22-28)42(44,45)46)11-13-37-39(35)40-36(26-51)34(12-14-38(40)54-18-10-9-17-53-37)29-21-30(24-32(50)23-29)41(52)43(47,48)49/h11-14,19-24H,4-10,15-18,25-26,50H2,1-3H3/q+1. The summed E-state index contributed by atoms with van der Waals surface area (Å²) in [6.07, 6.45) is -4.24. The van der Waals surface area contributed by atoms with E-state index in [1.165, 1.54) is 18.2 Å². The van der Waals surface area contributed by atoms with Gasteiger partial charge in [0.2, 0.25) is 0 Å². The molecular weight excluding hydrogens is 706 g/mol. The lowest BCUT2D eigenvalue weighted by molar-refractivity contribution is -0.953. The summed E-state index contributed by atoms with van der Waals surface area (Å²) in [6.45, 7) is 9.27. The fraction of sp³-hybridized carbons (Fsp3) is 0.419. The smallest absolute Gasteiger partial charge is 0.454 e. The van der Waals surface area contributed by atoms with E-state index in [0.717, 1.165) is 62.4 Å². The Kier molecular flexibility index (Phi) is 11.4. The maximum Gasteiger partial charge on any atom is 0.454 e. The topological polar surface area (TPSA) is 61.6 Å². The van der Waals surface area contributed by atoms with Gasteiger partial charge in [-0.1, -0.05) is 51.8 Å². The van der Waals surface area contributed by atoms with Gasteiger partial charge in [0.25, 0.3) is 5.78 Å². The Morgan fingerprint density at radius 3 is 1.74 bits per heavy atom. The highest BCUT2D eigenvalue weighted by Gasteiger charge is 2.41. The fourth-order valence-electron chi connectivity index (χ4n) is 7.94. The first-order valence-electron chi connectivity index (χ1n) is 18.8. The number of nitrogen functional groups attached to an aromatic ring is 1. The molecule has 0 aliphatic carbocycles. The number of carbonyl (C=O) groups excluding carboxylic acids is 1. The van der Waals surface area contributed by atoms with Crippen molar-refractivity contribution >= 4 is 11.5 Å². The minimum Gasteiger partial charge on any atom is -0.493 e. The number of ether oxygens (including phenoxy) is 2. The Morgan fingerprint density at radius 2 is 1.26 bits per heavy atom. The van der Waals surface area contributed by atoms with Crippen LogP contribution in [0.25, 0.3) is 33.4 Å². The Balaban J connectivity index is 1.74. The van der Waals surface area contributed by atoms with Crippen molar-refractivity contribution in [3.8, 4) is 44.9 Å². The SMILES string of the molecule is CCCC[N+]1(CCCC)Cc2c(-c3cc(N)cc(C(=O)C(F)(F)F)c3)ccc3c2-c2c(ccc(-c4cc(CC)cc(C(F)(F)F)c4)c2C1)OCCCCO3. The van der Waals surface area contributed by atoms with E-state index in [4.69, 9.17) is 15.2 Å². The molecule has 0 radical (unpaired) electrons. The normalized spacial score (nSPS) is 15.4. The molecule has 2 aliphatic heterocycles. The van der Waals surface area contributed by atoms with Crippen LogP contribution >= 0.6 is 0 Å². The van der Waals surface area contributed by atoms with Crippen LogP contribution in [0.1, 0.15) is 91.9 Å². The van der Waals surface area contributed by atoms with Crippen molar-refractivity contribution in [1.29, 1.82) is 0 Å². The van der Waals surface area contributed by atoms with Gasteiger partial charge < -0.3 is 19.7 Å². The van der Waals surface area contributed by atoms with Crippen LogP contribution in [0.15, 0.2) is 60.7 Å². The molecule has 0 saturated heterocycles. The molecule has 5 nitrogen and oxygen atoms in total. The number of hydrogen-bond acceptors (Lipinski definition) is 4. The summed E-state index contributed by atoms with van der Waals surface area (Å²) in [5.41, 5.74) is 10.6. The first-order chi connectivity index (χ1) is 25.7. The average molecular weight is 754 g/mol. The number of nitrogens with two attached hydrogens (primary N) is 1. The summed E-state index contributed by atoms with van der Waals surface area (Å²) in [5.74, 6) is -0.870. The number of hydrogen-bond donors (Lipinski definition) is 1. The van der Waals surface area contributed by atoms with Crippen LogP contribution < -0.4 is 15.2 Å². The summed E-state index contributed by atoms with van der Waals surface area (Å²) in [5, 5.41) is 0. The molecule has 0 fully saturated rings. The van der Waals surface area contributed by atoms with Gasteiger partial charge in [0, 0.05) is 33.5 Å². The molecule has 4 aromatic carbocycles. The third-order valence-electron chi connectivity index (χ3n) is 10.6. The minimum absolute atomic E-state index is 0.0119. The highest BCUT2D eigenvalue weighted by molar-refractivity contribution is 6.02. The van der Waals surface area contributed by atoms with Crippen molar-refractivity contribution < 1.29 is 45.1 Å². The van der Waals surface area contributed by atoms with E-state index in [-0.39, 0.29) is 5.69 Å². The first-order valence-corrected chi connectivity index (χ1v) is 18.8. The van der Waals surface area contributed by atoms with Crippen molar-refractivity contribution in [2.75, 3.05) is 32.0 Å². The summed E-state index contributed by atoms with van der Waals surface area (Å²) in [4.78, 5) is 12.5. The Bertz CT molecular complexity index is 2010. The number of carbonyl (C=O) groups is 1. The molecule has 6 rings (SSSR count). The number of ketones is 1. The second-order valence-corrected chi connectivity index (χ2v) is 14.6. The Morgan fingerprint density at radius 1 is 0.722 bits per heavy atom. The molecule has 4 aromatic rings. The van der Waals surface area contributed by atoms with Gasteiger partial charge in [0.05, 0.1) is 31.9 Å². The Labute approximate surface area is 312 Å². The number of rotatable bonds is 10. The highest BCUT2D eigenvalue weighted by Crippen LogP contribution is 2.52. The van der Waals surface area contributed by atoms with E-state index in [1.54, 1.807) is 12.1 Å². The quantitative estimate of drug-likeness (QED) is 0.0758. The molecule has 0 saturated carbocycles. The highest BCUT2D eigenvalue weighted by atomic mass is 19.4. The number of anilines is 1. The third-order valence-corrected chi connectivity index (χ3v) is 10.6. The molecule has 54 heavy (non-hydrogen) atoms. The monoisotopic (exact) mass is 753 g/mol. The molecule has 11 heteroatoms. The van der Waals surface area contributed by atoms with Crippen molar-refractivity contribution in [2.45, 2.75) is 91.2 Å². The Hall–Kier alpha value is -4.51. The molecule has 0 bridgehead atoms. The predicted molar refractivity (Wildman–Crippen MR) is 199 cm³/mol. The first kappa shape index (κ1) is 39.2. The van der Waals surface area contributed by atoms with Gasteiger partial charge in [-0.15, -0.1) is 0 Å². The summed E-state index contributed by atoms with van der Waals surface area (Å²) in [7, 11) is 0. The number of aryl methyl sites for hydroxylation is 1. The lowest BCUT2D eigenvalue weighted by atomic mass is 9.85. The zero-order chi connectivity index (χ0) is 38.8. The van der Waals surface area contributed by atoms with E-state index >= 15 is 0 Å². The third kappa shape index (κ3) is 8.11. The van der Waals surface area contributed by atoms with Crippen LogP contribution in [0, 0.1) is 0 Å². The zero-order valence-electron chi connectivity index (χ0n) is 31.0. The van der Waals surface area contributed by atoms with Gasteiger partial charge in [0.1, 0.15) is 24.6 Å². The van der Waals surface area contributed by atoms with Gasteiger partial charge in [-0.05, 0) is 102 Å². The number of quaternary nitrogens is 1. The van der Waals surface area contributed by atoms with Crippen molar-refractivity contribution in [1.82, 2.24) is 0 Å². The largest absolute Gasteiger partial charge is 0.493 e. The molecule has 0 spiro atoms. The van der Waals surface area contributed by atoms with Gasteiger partial charge in [-0.25, -0.2) is 0 Å². The molecule has 0 amide bonds. The van der Waals surface area contributed by atoms with E-state index in [2.05, 4.69) is 13.8 Å². The number of halogens is 6. The van der Waals surface area contributed by atoms with Gasteiger partial charge in [-0.3, -0.25) is 4.79 Å². The van der Waals surface area contributed by atoms with Crippen LogP contribution in [0.2, 0.25) is 0 Å². The molecule has 2 heterocycles. The number of alkyl halides is 6. The van der Waals surface area contributed by atoms with Gasteiger partial charge >= 0.3 is 12.4 Å². The summed E-state index contributed by atoms with van der Waals surface area (Å²) >= 11 is 0. The molecule has 288 valence electrons. The van der Waals surface area contributed by atoms with E-state index in [9.17, 15) is 31.1 Å². The van der Waals surface area contributed by atoms with Crippen LogP contribution in [0.4, 0.5) is 32.0 Å². The number of benzene rings is 4. The summed E-state index contributed by atoms with van der Waals surface area (Å²) < 4.78 is 97.8. The molecular formula is C43H47F6N2O3+. The maximum atomic E-state index is 14.4. The van der Waals surface area contributed by atoms with Crippen LogP contribution in [-0.4, -0.2) is 42.7 Å². The number of nitrogens with zero attached hydrogens (tertiary/aromatic N) is 1. The van der Waals surface area contributed by atoms with Gasteiger partial charge in [0.15, 0.2) is 0 Å². The van der Waals surface area contributed by atoms with Crippen LogP contribution in [-0.2, 0) is 25.7 Å². The molecule has 2 aliphatic rings. The van der Waals surface area contributed by atoms with Crippen LogP contribution in [0.5, 0.6) is 11.5 Å². The zero-order valence-corrected chi connectivity index (χ0v) is 31.0. The lowest BCUT2D eigenvalue weighted by Gasteiger charge is -2.39. The summed E-state index contributed by atoms with van der Waals surface area (Å²) in [6, 6.07) is 15.4. The van der Waals surface area contributed by atoms with Crippen LogP contribution in [0.3, 0.4) is 0 Å². The molecule has 0 aromatic heterocycles. The molecule has 0 unspecified atom stereocenters. The van der Waals surface area contributed by atoms with E-state index < -0.39 is 29.3 Å². The second-order valence-electron chi connectivity index (χ2n) is 14.6. The van der Waals surface area contributed by atoms with Crippen molar-refractivity contribution in [2.24, 2.45) is 0 Å². The minimum atomic E-state index is -5.09. The molecule has 0 atom stereocenters.